The van der Waals surface area contributed by atoms with Crippen LogP contribution >= 0.6 is 0 Å². The molecule has 0 saturated heterocycles. The van der Waals surface area contributed by atoms with Gasteiger partial charge in [0.05, 0.1) is 17.9 Å². The van der Waals surface area contributed by atoms with E-state index in [4.69, 9.17) is 9.29 Å². The summed E-state index contributed by atoms with van der Waals surface area (Å²) in [4.78, 5) is 11.9. The van der Waals surface area contributed by atoms with Gasteiger partial charge >= 0.3 is 6.09 Å². The highest BCUT2D eigenvalue weighted by molar-refractivity contribution is 7.85. The summed E-state index contributed by atoms with van der Waals surface area (Å²) in [6, 6.07) is -1.11. The topological polar surface area (TPSA) is 113 Å². The summed E-state index contributed by atoms with van der Waals surface area (Å²) in [7, 11) is -4.35. The van der Waals surface area contributed by atoms with E-state index in [-0.39, 0.29) is 0 Å². The molecule has 0 heterocycles. The van der Waals surface area contributed by atoms with Crippen LogP contribution in [0, 0.1) is 5.92 Å². The predicted octanol–water partition coefficient (Wildman–Crippen LogP) is 5.08. The van der Waals surface area contributed by atoms with Crippen LogP contribution in [0.15, 0.2) is 0 Å². The van der Waals surface area contributed by atoms with E-state index in [9.17, 15) is 18.3 Å². The minimum atomic E-state index is -4.35. The number of nitrogens with one attached hydrogen (secondary N) is 1. The van der Waals surface area contributed by atoms with Crippen LogP contribution in [0.4, 0.5) is 4.79 Å². The third-order valence-corrected chi connectivity index (χ3v) is 5.62. The monoisotopic (exact) mass is 451 g/mol. The summed E-state index contributed by atoms with van der Waals surface area (Å²) in [5.41, 5.74) is -0.744. The maximum Gasteiger partial charge on any atom is 0.407 e. The number of ether oxygens (including phenoxy) is 1. The van der Waals surface area contributed by atoms with Gasteiger partial charge in [0, 0.05) is 0 Å². The molecule has 0 aliphatic carbocycles. The van der Waals surface area contributed by atoms with Crippen LogP contribution in [0.5, 0.6) is 0 Å². The van der Waals surface area contributed by atoms with Gasteiger partial charge in [-0.3, -0.25) is 4.55 Å². The van der Waals surface area contributed by atoms with Crippen molar-refractivity contribution in [3.05, 3.63) is 0 Å². The van der Waals surface area contributed by atoms with Crippen molar-refractivity contribution in [3.8, 4) is 0 Å². The number of hydrogen-bond acceptors (Lipinski definition) is 5. The Morgan fingerprint density at radius 2 is 1.33 bits per heavy atom. The summed E-state index contributed by atoms with van der Waals surface area (Å²) in [5.74, 6) is 0.0429. The number of carbonyl (C=O) groups is 1. The molecule has 30 heavy (non-hydrogen) atoms. The number of aliphatic hydroxyl groups is 1. The Morgan fingerprint density at radius 1 is 0.900 bits per heavy atom. The Balaban J connectivity index is 4.10. The highest BCUT2D eigenvalue weighted by Gasteiger charge is 2.28. The first-order valence-corrected chi connectivity index (χ1v) is 13.0. The lowest BCUT2D eigenvalue weighted by molar-refractivity contribution is 0.0428. The second-order valence-electron chi connectivity index (χ2n) is 9.72. The van der Waals surface area contributed by atoms with Crippen LogP contribution in [0.1, 0.15) is 105 Å². The Kier molecular flexibility index (Phi) is 14.6. The van der Waals surface area contributed by atoms with Gasteiger partial charge in [-0.1, -0.05) is 78.1 Å². The van der Waals surface area contributed by atoms with Gasteiger partial charge in [-0.25, -0.2) is 4.79 Å². The average Bonchev–Trinajstić information content (AvgIpc) is 2.55. The molecule has 0 fully saturated rings. The standard InChI is InChI=1S/C22H45NO6S/c1-18(2)15-13-11-9-7-6-8-10-12-14-16-20(24)19(17-30(26,27)28)23-21(25)29-22(3,4)5/h18-20,24H,6-17H2,1-5H3,(H,23,25)(H,26,27,28). The first-order chi connectivity index (χ1) is 13.8. The van der Waals surface area contributed by atoms with Gasteiger partial charge in [-0.2, -0.15) is 8.42 Å². The number of unbranched alkanes of at least 4 members (excludes halogenated alkanes) is 8. The molecule has 8 heteroatoms. The van der Waals surface area contributed by atoms with E-state index in [1.165, 1.54) is 38.5 Å². The maximum absolute atomic E-state index is 11.9. The molecule has 0 saturated carbocycles. The highest BCUT2D eigenvalue weighted by atomic mass is 32.2. The fourth-order valence-electron chi connectivity index (χ4n) is 3.28. The number of hydrogen-bond donors (Lipinski definition) is 3. The van der Waals surface area contributed by atoms with E-state index in [1.807, 2.05) is 0 Å². The molecule has 0 rings (SSSR count). The molecule has 3 N–H and O–H groups in total. The SMILES string of the molecule is CC(C)CCCCCCCCCCCC(O)C(CS(=O)(=O)O)NC(=O)OC(C)(C)C. The molecule has 0 aromatic heterocycles. The molecule has 0 spiro atoms. The number of alkyl carbamates (subject to hydrolysis) is 1. The normalized spacial score (nSPS) is 14.5. The van der Waals surface area contributed by atoms with Gasteiger partial charge < -0.3 is 15.2 Å². The lowest BCUT2D eigenvalue weighted by Gasteiger charge is -2.26. The minimum Gasteiger partial charge on any atom is -0.444 e. The smallest absolute Gasteiger partial charge is 0.407 e. The van der Waals surface area contributed by atoms with Crippen molar-refractivity contribution in [2.45, 2.75) is 123 Å². The van der Waals surface area contributed by atoms with E-state index in [0.29, 0.717) is 6.42 Å². The van der Waals surface area contributed by atoms with Crippen molar-refractivity contribution in [1.82, 2.24) is 5.32 Å². The Labute approximate surface area is 184 Å². The van der Waals surface area contributed by atoms with Crippen molar-refractivity contribution in [3.63, 3.8) is 0 Å². The van der Waals surface area contributed by atoms with Crippen LogP contribution in [0.3, 0.4) is 0 Å². The minimum absolute atomic E-state index is 0.352. The van der Waals surface area contributed by atoms with Crippen LogP contribution in [0.2, 0.25) is 0 Å². The largest absolute Gasteiger partial charge is 0.444 e. The fourth-order valence-corrected chi connectivity index (χ4v) is 4.04. The Hall–Kier alpha value is -0.860. The molecule has 2 atom stereocenters. The molecule has 0 aromatic rings. The van der Waals surface area contributed by atoms with Crippen molar-refractivity contribution in [2.24, 2.45) is 5.92 Å². The third-order valence-electron chi connectivity index (χ3n) is 4.84. The lowest BCUT2D eigenvalue weighted by atomic mass is 10.0. The number of rotatable bonds is 16. The third kappa shape index (κ3) is 19.1. The van der Waals surface area contributed by atoms with Gasteiger partial charge in [0.2, 0.25) is 0 Å². The molecular weight excluding hydrogens is 406 g/mol. The van der Waals surface area contributed by atoms with E-state index < -0.39 is 39.7 Å². The van der Waals surface area contributed by atoms with Gasteiger partial charge in [0.1, 0.15) is 5.60 Å². The second-order valence-corrected chi connectivity index (χ2v) is 11.2. The number of carbonyl (C=O) groups excluding carboxylic acids is 1. The summed E-state index contributed by atoms with van der Waals surface area (Å²) in [6.07, 6.45) is 10.1. The van der Waals surface area contributed by atoms with Crippen molar-refractivity contribution < 1.29 is 27.6 Å². The van der Waals surface area contributed by atoms with E-state index >= 15 is 0 Å². The zero-order valence-electron chi connectivity index (χ0n) is 19.7. The van der Waals surface area contributed by atoms with Gasteiger partial charge in [0.15, 0.2) is 0 Å². The number of amides is 1. The molecule has 2 unspecified atom stereocenters. The number of aliphatic hydroxyl groups excluding tert-OH is 1. The summed E-state index contributed by atoms with van der Waals surface area (Å²) in [5, 5.41) is 12.7. The van der Waals surface area contributed by atoms with Crippen molar-refractivity contribution in [2.75, 3.05) is 5.75 Å². The summed E-state index contributed by atoms with van der Waals surface area (Å²) >= 11 is 0. The summed E-state index contributed by atoms with van der Waals surface area (Å²) < 4.78 is 36.7. The van der Waals surface area contributed by atoms with Crippen LogP contribution in [-0.2, 0) is 14.9 Å². The van der Waals surface area contributed by atoms with Crippen LogP contribution in [0.25, 0.3) is 0 Å². The summed E-state index contributed by atoms with van der Waals surface area (Å²) in [6.45, 7) is 9.58. The first-order valence-electron chi connectivity index (χ1n) is 11.4. The van der Waals surface area contributed by atoms with Gasteiger partial charge in [-0.05, 0) is 33.1 Å². The molecule has 0 aliphatic rings. The zero-order valence-corrected chi connectivity index (χ0v) is 20.5. The van der Waals surface area contributed by atoms with Crippen LogP contribution in [-0.4, -0.2) is 47.7 Å². The van der Waals surface area contributed by atoms with Crippen molar-refractivity contribution >= 4 is 16.2 Å². The molecule has 1 amide bonds. The zero-order chi connectivity index (χ0) is 23.2. The first kappa shape index (κ1) is 29.1. The van der Waals surface area contributed by atoms with Gasteiger partial charge in [0.25, 0.3) is 10.1 Å². The van der Waals surface area contributed by atoms with Crippen LogP contribution < -0.4 is 5.32 Å². The molecule has 0 aliphatic heterocycles. The average molecular weight is 452 g/mol. The molecule has 180 valence electrons. The van der Waals surface area contributed by atoms with E-state index in [0.717, 1.165) is 31.6 Å². The second kappa shape index (κ2) is 15.0. The molecular formula is C22H45NO6S. The molecule has 7 nitrogen and oxygen atoms in total. The molecule has 0 radical (unpaired) electrons. The van der Waals surface area contributed by atoms with Gasteiger partial charge in [-0.15, -0.1) is 0 Å². The highest BCUT2D eigenvalue weighted by Crippen LogP contribution is 2.15. The van der Waals surface area contributed by atoms with E-state index in [1.54, 1.807) is 20.8 Å². The maximum atomic E-state index is 11.9. The van der Waals surface area contributed by atoms with E-state index in [2.05, 4.69) is 19.2 Å². The Morgan fingerprint density at radius 3 is 1.73 bits per heavy atom. The Bertz CT molecular complexity index is 556. The molecule has 0 bridgehead atoms. The predicted molar refractivity (Wildman–Crippen MR) is 121 cm³/mol. The quantitative estimate of drug-likeness (QED) is 0.223. The fraction of sp³-hybridized carbons (Fsp3) is 0.955. The lowest BCUT2D eigenvalue weighted by Crippen LogP contribution is -2.49. The van der Waals surface area contributed by atoms with Crippen molar-refractivity contribution in [1.29, 1.82) is 0 Å². The molecule has 0 aromatic carbocycles.